The van der Waals surface area contributed by atoms with Crippen LogP contribution in [0.5, 0.6) is 0 Å². The lowest BCUT2D eigenvalue weighted by molar-refractivity contribution is -0.156. The molecule has 0 bridgehead atoms. The highest BCUT2D eigenvalue weighted by Gasteiger charge is 2.30. The van der Waals surface area contributed by atoms with Gasteiger partial charge in [0.25, 0.3) is 5.91 Å². The van der Waals surface area contributed by atoms with E-state index >= 15 is 0 Å². The third kappa shape index (κ3) is 7.25. The van der Waals surface area contributed by atoms with Crippen molar-refractivity contribution >= 4 is 29.2 Å². The molecule has 2 aromatic rings. The molecule has 8 nitrogen and oxygen atoms in total. The summed E-state index contributed by atoms with van der Waals surface area (Å²) in [6, 6.07) is 12.9. The highest BCUT2D eigenvalue weighted by Crippen LogP contribution is 2.30. The number of carbonyl (C=O) groups excluding carboxylic acids is 1. The van der Waals surface area contributed by atoms with Crippen LogP contribution in [0.4, 0.5) is 10.1 Å². The number of carboxylic acid groups (broad SMARTS) is 1. The molecule has 1 saturated heterocycles. The summed E-state index contributed by atoms with van der Waals surface area (Å²) >= 11 is 5.74. The second-order valence-corrected chi connectivity index (χ2v) is 7.70. The molecule has 1 heterocycles. The Balaban J connectivity index is 0.000000228. The molecule has 1 amide bonds. The Morgan fingerprint density at radius 1 is 1.12 bits per heavy atom. The van der Waals surface area contributed by atoms with E-state index in [1.807, 2.05) is 12.1 Å². The summed E-state index contributed by atoms with van der Waals surface area (Å²) in [5.41, 5.74) is 1.35. The fourth-order valence-electron chi connectivity index (χ4n) is 3.31. The Morgan fingerprint density at radius 3 is 2.38 bits per heavy atom. The summed E-state index contributed by atoms with van der Waals surface area (Å²) in [6.45, 7) is 2.01. The summed E-state index contributed by atoms with van der Waals surface area (Å²) in [5.74, 6) is -2.32. The Labute approximate surface area is 189 Å². The van der Waals surface area contributed by atoms with Crippen LogP contribution in [0.1, 0.15) is 17.9 Å². The number of para-hydroxylation sites is 1. The van der Waals surface area contributed by atoms with Crippen LogP contribution in [0.2, 0.25) is 5.02 Å². The van der Waals surface area contributed by atoms with Crippen molar-refractivity contribution in [1.29, 1.82) is 0 Å². The molecule has 1 aliphatic rings. The summed E-state index contributed by atoms with van der Waals surface area (Å²) < 4.78 is 12.8. The number of nitrogens with one attached hydrogen (secondary N) is 2. The van der Waals surface area contributed by atoms with E-state index in [9.17, 15) is 24.2 Å². The van der Waals surface area contributed by atoms with Crippen LogP contribution in [0.3, 0.4) is 0 Å². The van der Waals surface area contributed by atoms with Crippen molar-refractivity contribution < 1.29 is 34.4 Å². The zero-order chi connectivity index (χ0) is 23.7. The van der Waals surface area contributed by atoms with Gasteiger partial charge in [0.05, 0.1) is 10.7 Å². The van der Waals surface area contributed by atoms with Gasteiger partial charge in [-0.05, 0) is 48.7 Å². The molecule has 0 aliphatic carbocycles. The molecule has 174 valence electrons. The first-order valence-electron chi connectivity index (χ1n) is 9.96. The van der Waals surface area contributed by atoms with Crippen molar-refractivity contribution in [3.05, 3.63) is 64.9 Å². The number of hydrogen-bond acceptors (Lipinski definition) is 6. The maximum atomic E-state index is 12.8. The van der Waals surface area contributed by atoms with Gasteiger partial charge in [0.2, 0.25) is 0 Å². The molecule has 1 aliphatic heterocycles. The minimum Gasteiger partial charge on any atom is -0.479 e. The van der Waals surface area contributed by atoms with Crippen molar-refractivity contribution in [3.63, 3.8) is 0 Å². The Kier molecular flexibility index (Phi) is 10.0. The van der Waals surface area contributed by atoms with Gasteiger partial charge in [0.15, 0.2) is 12.2 Å². The third-order valence-electron chi connectivity index (χ3n) is 5.09. The lowest BCUT2D eigenvalue weighted by Crippen LogP contribution is -2.42. The molecular weight excluding hydrogens is 443 g/mol. The number of hydrogen-bond donors (Lipinski definition) is 6. The van der Waals surface area contributed by atoms with E-state index in [4.69, 9.17) is 21.8 Å². The maximum absolute atomic E-state index is 12.8. The molecule has 4 atom stereocenters. The highest BCUT2D eigenvalue weighted by atomic mass is 35.5. The number of aliphatic carboxylic acids is 1. The standard InChI is InChI=1S/C12H16FNO.C10H10ClNO5/c13-11-3-1-9(2-4-11)12-5-6-14-7-10(12)8-15;11-5-3-1-2-4-6(5)12-9(15)7(13)8(14)10(16)17/h1-4,10,12,14-15H,5-8H2;1-4,7-8,13-14H,(H,12,15)(H,16,17)/t10-,12-;7-,8-/m10/s1. The quantitative estimate of drug-likeness (QED) is 0.378. The predicted molar refractivity (Wildman–Crippen MR) is 117 cm³/mol. The van der Waals surface area contributed by atoms with Gasteiger partial charge in [-0.2, -0.15) is 0 Å². The van der Waals surface area contributed by atoms with Crippen LogP contribution in [-0.2, 0) is 9.59 Å². The maximum Gasteiger partial charge on any atom is 0.335 e. The first-order valence-corrected chi connectivity index (χ1v) is 10.3. The largest absolute Gasteiger partial charge is 0.479 e. The van der Waals surface area contributed by atoms with Crippen molar-refractivity contribution in [3.8, 4) is 0 Å². The number of anilines is 1. The van der Waals surface area contributed by atoms with Crippen LogP contribution in [0.25, 0.3) is 0 Å². The minimum atomic E-state index is -2.18. The van der Waals surface area contributed by atoms with Gasteiger partial charge < -0.3 is 31.1 Å². The van der Waals surface area contributed by atoms with Gasteiger partial charge in [0, 0.05) is 19.1 Å². The third-order valence-corrected chi connectivity index (χ3v) is 5.42. The Morgan fingerprint density at radius 2 is 1.78 bits per heavy atom. The fourth-order valence-corrected chi connectivity index (χ4v) is 3.49. The molecule has 0 spiro atoms. The number of amides is 1. The molecule has 32 heavy (non-hydrogen) atoms. The molecule has 6 N–H and O–H groups in total. The van der Waals surface area contributed by atoms with E-state index in [-0.39, 0.29) is 29.1 Å². The van der Waals surface area contributed by atoms with Gasteiger partial charge in [-0.25, -0.2) is 9.18 Å². The Hall–Kier alpha value is -2.56. The van der Waals surface area contributed by atoms with Crippen LogP contribution < -0.4 is 10.6 Å². The topological polar surface area (TPSA) is 139 Å². The fraction of sp³-hybridized carbons (Fsp3) is 0.364. The number of piperidine rings is 1. The molecule has 0 aromatic heterocycles. The zero-order valence-corrected chi connectivity index (χ0v) is 17.9. The summed E-state index contributed by atoms with van der Waals surface area (Å²) in [5, 5.41) is 41.6. The first kappa shape index (κ1) is 25.7. The monoisotopic (exact) mass is 468 g/mol. The lowest BCUT2D eigenvalue weighted by Gasteiger charge is -2.31. The smallest absolute Gasteiger partial charge is 0.335 e. The number of aliphatic hydroxyl groups excluding tert-OH is 3. The van der Waals surface area contributed by atoms with Crippen LogP contribution in [-0.4, -0.2) is 64.2 Å². The van der Waals surface area contributed by atoms with Crippen molar-refractivity contribution in [2.45, 2.75) is 24.5 Å². The predicted octanol–water partition coefficient (Wildman–Crippen LogP) is 1.60. The second-order valence-electron chi connectivity index (χ2n) is 7.29. The summed E-state index contributed by atoms with van der Waals surface area (Å²) in [4.78, 5) is 21.7. The summed E-state index contributed by atoms with van der Waals surface area (Å²) in [7, 11) is 0. The molecule has 3 rings (SSSR count). The van der Waals surface area contributed by atoms with Crippen molar-refractivity contribution in [1.82, 2.24) is 5.32 Å². The zero-order valence-electron chi connectivity index (χ0n) is 17.1. The summed E-state index contributed by atoms with van der Waals surface area (Å²) in [6.07, 6.45) is -3.24. The van der Waals surface area contributed by atoms with Gasteiger partial charge in [-0.3, -0.25) is 4.79 Å². The number of aliphatic hydroxyl groups is 3. The molecular formula is C22H26ClFN2O6. The first-order chi connectivity index (χ1) is 15.2. The molecule has 10 heteroatoms. The van der Waals surface area contributed by atoms with E-state index in [0.717, 1.165) is 25.1 Å². The molecule has 0 saturated carbocycles. The number of halogens is 2. The van der Waals surface area contributed by atoms with E-state index < -0.39 is 24.1 Å². The molecule has 2 aromatic carbocycles. The average molecular weight is 469 g/mol. The molecule has 0 radical (unpaired) electrons. The van der Waals surface area contributed by atoms with Gasteiger partial charge in [-0.15, -0.1) is 0 Å². The number of rotatable bonds is 6. The molecule has 1 fully saturated rings. The van der Waals surface area contributed by atoms with E-state index in [0.29, 0.717) is 5.92 Å². The number of carboxylic acids is 1. The van der Waals surface area contributed by atoms with E-state index in [1.165, 1.54) is 24.3 Å². The van der Waals surface area contributed by atoms with Crippen LogP contribution in [0, 0.1) is 11.7 Å². The molecule has 0 unspecified atom stereocenters. The van der Waals surface area contributed by atoms with Gasteiger partial charge in [-0.1, -0.05) is 35.9 Å². The average Bonchev–Trinajstić information content (AvgIpc) is 2.80. The van der Waals surface area contributed by atoms with Gasteiger partial charge >= 0.3 is 5.97 Å². The lowest BCUT2D eigenvalue weighted by atomic mass is 9.82. The van der Waals surface area contributed by atoms with Crippen LogP contribution in [0.15, 0.2) is 48.5 Å². The normalized spacial score (nSPS) is 19.8. The van der Waals surface area contributed by atoms with E-state index in [2.05, 4.69) is 10.6 Å². The highest BCUT2D eigenvalue weighted by molar-refractivity contribution is 6.33. The minimum absolute atomic E-state index is 0.190. The SMILES string of the molecule is O=C(O)[C@@H](O)[C@H](O)C(=O)Nc1ccccc1Cl.OC[C@H]1CNCC[C@@H]1c1ccc(F)cc1. The number of carbonyl (C=O) groups is 2. The Bertz CT molecular complexity index is 898. The van der Waals surface area contributed by atoms with Gasteiger partial charge in [0.1, 0.15) is 5.82 Å². The van der Waals surface area contributed by atoms with E-state index in [1.54, 1.807) is 12.1 Å². The van der Waals surface area contributed by atoms with Crippen molar-refractivity contribution in [2.24, 2.45) is 5.92 Å². The van der Waals surface area contributed by atoms with Crippen molar-refractivity contribution in [2.75, 3.05) is 25.0 Å². The second kappa shape index (κ2) is 12.5. The van der Waals surface area contributed by atoms with Crippen LogP contribution >= 0.6 is 11.6 Å². The number of benzene rings is 2.